The Labute approximate surface area is 140 Å². The maximum absolute atomic E-state index is 12.6. The lowest BCUT2D eigenvalue weighted by atomic mass is 10.2. The summed E-state index contributed by atoms with van der Waals surface area (Å²) in [5.41, 5.74) is -0.299. The summed E-state index contributed by atoms with van der Waals surface area (Å²) in [7, 11) is 0. The number of unbranched alkanes of at least 4 members (excludes halogenated alkanes) is 1. The summed E-state index contributed by atoms with van der Waals surface area (Å²) in [5, 5.41) is 0.264. The van der Waals surface area contributed by atoms with Gasteiger partial charge in [0.05, 0.1) is 10.9 Å². The molecule has 1 N–H and O–H groups in total. The molecule has 0 bridgehead atoms. The Balaban J connectivity index is 2.50. The minimum atomic E-state index is -0.513. The molecule has 0 saturated heterocycles. The number of pyridine rings is 1. The van der Waals surface area contributed by atoms with Crippen LogP contribution in [0.25, 0.3) is 11.0 Å². The number of fused-ring (bicyclic) bond motifs is 1. The lowest BCUT2D eigenvalue weighted by Crippen LogP contribution is -2.33. The van der Waals surface area contributed by atoms with Gasteiger partial charge < -0.3 is 4.90 Å². The fourth-order valence-electron chi connectivity index (χ4n) is 2.65. The Morgan fingerprint density at radius 2 is 2.00 bits per heavy atom. The molecule has 7 nitrogen and oxygen atoms in total. The molecule has 24 heavy (non-hydrogen) atoms. The lowest BCUT2D eigenvalue weighted by Gasteiger charge is -2.20. The molecule has 0 aliphatic rings. The molecule has 2 aromatic heterocycles. The Hall–Kier alpha value is -2.44. The molecular formula is C17H24N4O3. The van der Waals surface area contributed by atoms with E-state index in [1.54, 1.807) is 4.90 Å². The highest BCUT2D eigenvalue weighted by Crippen LogP contribution is 2.11. The number of rotatable bonds is 7. The number of amides is 1. The van der Waals surface area contributed by atoms with Gasteiger partial charge in [0.25, 0.3) is 11.5 Å². The molecule has 130 valence electrons. The van der Waals surface area contributed by atoms with Crippen molar-refractivity contribution in [2.45, 2.75) is 46.6 Å². The quantitative estimate of drug-likeness (QED) is 0.837. The normalized spacial score (nSPS) is 11.0. The van der Waals surface area contributed by atoms with Crippen LogP contribution < -0.4 is 11.2 Å². The van der Waals surface area contributed by atoms with Gasteiger partial charge in [-0.25, -0.2) is 9.78 Å². The van der Waals surface area contributed by atoms with Crippen molar-refractivity contribution in [3.63, 3.8) is 0 Å². The maximum atomic E-state index is 12.6. The Bertz CT molecular complexity index is 838. The predicted octanol–water partition coefficient (Wildman–Crippen LogP) is 1.76. The second-order valence-electron chi connectivity index (χ2n) is 5.74. The van der Waals surface area contributed by atoms with Crippen molar-refractivity contribution in [1.82, 2.24) is 19.4 Å². The molecule has 1 amide bonds. The maximum Gasteiger partial charge on any atom is 0.329 e. The number of hydrogen-bond acceptors (Lipinski definition) is 4. The van der Waals surface area contributed by atoms with Crippen LogP contribution in [0.1, 0.15) is 50.4 Å². The molecule has 0 aliphatic heterocycles. The molecule has 2 heterocycles. The molecule has 0 radical (unpaired) electrons. The van der Waals surface area contributed by atoms with Crippen LogP contribution in [0.5, 0.6) is 0 Å². The van der Waals surface area contributed by atoms with Gasteiger partial charge in [0, 0.05) is 25.8 Å². The van der Waals surface area contributed by atoms with Crippen molar-refractivity contribution in [1.29, 1.82) is 0 Å². The molecule has 0 spiro atoms. The van der Waals surface area contributed by atoms with Gasteiger partial charge in [-0.3, -0.25) is 19.1 Å². The van der Waals surface area contributed by atoms with E-state index < -0.39 is 11.2 Å². The first-order valence-corrected chi connectivity index (χ1v) is 8.45. The number of aromatic amines is 1. The van der Waals surface area contributed by atoms with Crippen molar-refractivity contribution < 1.29 is 4.79 Å². The van der Waals surface area contributed by atoms with E-state index in [4.69, 9.17) is 0 Å². The topological polar surface area (TPSA) is 88.1 Å². The number of carbonyl (C=O) groups excluding carboxylic acids is 1. The molecule has 0 unspecified atom stereocenters. The molecule has 0 saturated carbocycles. The zero-order valence-corrected chi connectivity index (χ0v) is 14.5. The SMILES string of the molecule is CCCCN(CC)C(=O)c1cnc2c(c1)c(=O)[nH]c(=O)n2CCC. The molecule has 0 atom stereocenters. The average Bonchev–Trinajstić information content (AvgIpc) is 2.58. The Morgan fingerprint density at radius 1 is 1.25 bits per heavy atom. The van der Waals surface area contributed by atoms with Gasteiger partial charge in [0.2, 0.25) is 0 Å². The largest absolute Gasteiger partial charge is 0.339 e. The van der Waals surface area contributed by atoms with Gasteiger partial charge in [-0.1, -0.05) is 20.3 Å². The highest BCUT2D eigenvalue weighted by atomic mass is 16.2. The number of carbonyl (C=O) groups is 1. The third-order valence-corrected chi connectivity index (χ3v) is 3.98. The number of aryl methyl sites for hydroxylation is 1. The van der Waals surface area contributed by atoms with Gasteiger partial charge in [-0.05, 0) is 25.8 Å². The lowest BCUT2D eigenvalue weighted by molar-refractivity contribution is 0.0762. The summed E-state index contributed by atoms with van der Waals surface area (Å²) >= 11 is 0. The van der Waals surface area contributed by atoms with E-state index in [0.29, 0.717) is 30.8 Å². The van der Waals surface area contributed by atoms with Crippen molar-refractivity contribution in [2.24, 2.45) is 0 Å². The number of hydrogen-bond donors (Lipinski definition) is 1. The first kappa shape index (κ1) is 17.9. The second-order valence-corrected chi connectivity index (χ2v) is 5.74. The van der Waals surface area contributed by atoms with E-state index in [9.17, 15) is 14.4 Å². The summed E-state index contributed by atoms with van der Waals surface area (Å²) in [6.07, 6.45) is 4.12. The van der Waals surface area contributed by atoms with Gasteiger partial charge in [-0.2, -0.15) is 0 Å². The Morgan fingerprint density at radius 3 is 2.62 bits per heavy atom. The highest BCUT2D eigenvalue weighted by Gasteiger charge is 2.17. The van der Waals surface area contributed by atoms with Crippen molar-refractivity contribution in [3.05, 3.63) is 38.7 Å². The third-order valence-electron chi connectivity index (χ3n) is 3.98. The smallest absolute Gasteiger partial charge is 0.329 e. The Kier molecular flexibility index (Phi) is 5.89. The molecule has 0 fully saturated rings. The van der Waals surface area contributed by atoms with Crippen molar-refractivity contribution in [2.75, 3.05) is 13.1 Å². The van der Waals surface area contributed by atoms with Crippen molar-refractivity contribution in [3.8, 4) is 0 Å². The fraction of sp³-hybridized carbons (Fsp3) is 0.529. The summed E-state index contributed by atoms with van der Waals surface area (Å²) in [4.78, 5) is 44.9. The van der Waals surface area contributed by atoms with Gasteiger partial charge in [0.1, 0.15) is 5.65 Å². The number of aromatic nitrogens is 3. The molecule has 0 aliphatic carbocycles. The number of H-pyrrole nitrogens is 1. The minimum Gasteiger partial charge on any atom is -0.339 e. The van der Waals surface area contributed by atoms with Crippen LogP contribution in [0, 0.1) is 0 Å². The van der Waals surface area contributed by atoms with E-state index in [2.05, 4.69) is 16.9 Å². The van der Waals surface area contributed by atoms with Gasteiger partial charge in [-0.15, -0.1) is 0 Å². The summed E-state index contributed by atoms with van der Waals surface area (Å²) in [6, 6.07) is 1.53. The van der Waals surface area contributed by atoms with Crippen molar-refractivity contribution >= 4 is 16.9 Å². The van der Waals surface area contributed by atoms with Crippen LogP contribution in [-0.2, 0) is 6.54 Å². The number of nitrogens with one attached hydrogen (secondary N) is 1. The summed E-state index contributed by atoms with van der Waals surface area (Å²) in [6.45, 7) is 7.67. The minimum absolute atomic E-state index is 0.145. The molecular weight excluding hydrogens is 308 g/mol. The fourth-order valence-corrected chi connectivity index (χ4v) is 2.65. The van der Waals surface area contributed by atoms with E-state index in [1.807, 2.05) is 13.8 Å². The monoisotopic (exact) mass is 332 g/mol. The zero-order chi connectivity index (χ0) is 17.7. The first-order chi connectivity index (χ1) is 11.5. The average molecular weight is 332 g/mol. The molecule has 0 aromatic carbocycles. The van der Waals surface area contributed by atoms with Crippen LogP contribution in [0.15, 0.2) is 21.9 Å². The van der Waals surface area contributed by atoms with Crippen LogP contribution in [-0.4, -0.2) is 38.4 Å². The first-order valence-electron chi connectivity index (χ1n) is 8.45. The molecule has 2 aromatic rings. The standard InChI is InChI=1S/C17H24N4O3/c1-4-7-9-20(6-3)16(23)12-10-13-14(18-11-12)21(8-5-2)17(24)19-15(13)22/h10-11H,4-9H2,1-3H3,(H,19,22,24). The van der Waals surface area contributed by atoms with Crippen LogP contribution in [0.4, 0.5) is 0 Å². The van der Waals surface area contributed by atoms with E-state index in [0.717, 1.165) is 19.3 Å². The van der Waals surface area contributed by atoms with Crippen LogP contribution in [0.3, 0.4) is 0 Å². The predicted molar refractivity (Wildman–Crippen MR) is 93.4 cm³/mol. The van der Waals surface area contributed by atoms with Crippen LogP contribution >= 0.6 is 0 Å². The summed E-state index contributed by atoms with van der Waals surface area (Å²) in [5.74, 6) is -0.145. The van der Waals surface area contributed by atoms with Crippen LogP contribution in [0.2, 0.25) is 0 Å². The summed E-state index contributed by atoms with van der Waals surface area (Å²) < 4.78 is 1.43. The van der Waals surface area contributed by atoms with Gasteiger partial charge >= 0.3 is 5.69 Å². The third kappa shape index (κ3) is 3.55. The van der Waals surface area contributed by atoms with E-state index in [1.165, 1.54) is 16.8 Å². The number of nitrogens with zero attached hydrogens (tertiary/aromatic N) is 3. The van der Waals surface area contributed by atoms with Gasteiger partial charge in [0.15, 0.2) is 0 Å². The van der Waals surface area contributed by atoms with E-state index >= 15 is 0 Å². The molecule has 7 heteroatoms. The second kappa shape index (κ2) is 7.90. The highest BCUT2D eigenvalue weighted by molar-refractivity contribution is 5.96. The molecule has 2 rings (SSSR count). The zero-order valence-electron chi connectivity index (χ0n) is 14.5. The van der Waals surface area contributed by atoms with E-state index in [-0.39, 0.29) is 11.3 Å².